The van der Waals surface area contributed by atoms with Crippen LogP contribution < -0.4 is 9.47 Å². The summed E-state index contributed by atoms with van der Waals surface area (Å²) >= 11 is 1.26. The van der Waals surface area contributed by atoms with Gasteiger partial charge in [-0.05, 0) is 44.2 Å². The van der Waals surface area contributed by atoms with Gasteiger partial charge in [-0.2, -0.15) is 10.5 Å². The maximum atomic E-state index is 13.0. The van der Waals surface area contributed by atoms with Crippen LogP contribution in [0.4, 0.5) is 0 Å². The molecule has 3 aromatic rings. The Hall–Kier alpha value is -3.68. The van der Waals surface area contributed by atoms with E-state index in [9.17, 15) is 10.1 Å². The molecule has 0 aliphatic rings. The zero-order chi connectivity index (χ0) is 21.5. The summed E-state index contributed by atoms with van der Waals surface area (Å²) in [5, 5.41) is 20.8. The molecule has 0 bridgehead atoms. The highest BCUT2D eigenvalue weighted by molar-refractivity contribution is 7.10. The Kier molecular flexibility index (Phi) is 6.79. The number of carbonyl (C=O) groups excluding carboxylic acids is 1. The molecule has 1 aromatic heterocycles. The Labute approximate surface area is 178 Å². The Balaban J connectivity index is 1.88. The molecule has 150 valence electrons. The zero-order valence-corrected chi connectivity index (χ0v) is 17.4. The molecule has 1 unspecified atom stereocenters. The van der Waals surface area contributed by atoms with Crippen LogP contribution in [0.3, 0.4) is 0 Å². The molecule has 0 aliphatic carbocycles. The first-order chi connectivity index (χ1) is 14.6. The summed E-state index contributed by atoms with van der Waals surface area (Å²) < 4.78 is 11.1. The molecule has 30 heavy (non-hydrogen) atoms. The van der Waals surface area contributed by atoms with E-state index in [0.717, 1.165) is 5.56 Å². The minimum absolute atomic E-state index is 0.345. The van der Waals surface area contributed by atoms with E-state index in [0.29, 0.717) is 46.5 Å². The second-order valence-electron chi connectivity index (χ2n) is 6.21. The van der Waals surface area contributed by atoms with E-state index in [4.69, 9.17) is 14.7 Å². The average Bonchev–Trinajstić information content (AvgIpc) is 3.25. The number of hydrogen-bond donors (Lipinski definition) is 0. The van der Waals surface area contributed by atoms with Crippen molar-refractivity contribution < 1.29 is 14.3 Å². The van der Waals surface area contributed by atoms with Gasteiger partial charge >= 0.3 is 0 Å². The number of nitriles is 2. The Bertz CT molecular complexity index is 1120. The Morgan fingerprint density at radius 3 is 2.40 bits per heavy atom. The van der Waals surface area contributed by atoms with Gasteiger partial charge in [-0.25, -0.2) is 4.98 Å². The van der Waals surface area contributed by atoms with Crippen molar-refractivity contribution in [3.05, 3.63) is 64.0 Å². The van der Waals surface area contributed by atoms with Gasteiger partial charge in [-0.1, -0.05) is 12.1 Å². The fourth-order valence-electron chi connectivity index (χ4n) is 2.87. The first-order valence-electron chi connectivity index (χ1n) is 9.40. The van der Waals surface area contributed by atoms with Crippen LogP contribution >= 0.6 is 11.3 Å². The van der Waals surface area contributed by atoms with Crippen molar-refractivity contribution in [2.75, 3.05) is 13.2 Å². The molecule has 0 aliphatic heterocycles. The van der Waals surface area contributed by atoms with Gasteiger partial charge in [-0.3, -0.25) is 4.79 Å². The van der Waals surface area contributed by atoms with Gasteiger partial charge < -0.3 is 9.47 Å². The number of Topliss-reactive ketones (excluding diaryl/α,β-unsaturated/α-hetero) is 1. The second-order valence-corrected chi connectivity index (χ2v) is 7.10. The topological polar surface area (TPSA) is 96.0 Å². The number of thiazole rings is 1. The molecule has 2 aromatic carbocycles. The third-order valence-electron chi connectivity index (χ3n) is 4.30. The van der Waals surface area contributed by atoms with Gasteiger partial charge in [0, 0.05) is 16.5 Å². The molecule has 0 spiro atoms. The summed E-state index contributed by atoms with van der Waals surface area (Å²) in [6, 6.07) is 16.1. The fourth-order valence-corrected chi connectivity index (χ4v) is 3.73. The number of nitrogens with zero attached hydrogens (tertiary/aromatic N) is 3. The van der Waals surface area contributed by atoms with Crippen molar-refractivity contribution in [1.82, 2.24) is 4.98 Å². The van der Waals surface area contributed by atoms with Crippen molar-refractivity contribution >= 4 is 17.1 Å². The maximum Gasteiger partial charge on any atom is 0.187 e. The van der Waals surface area contributed by atoms with Crippen LogP contribution in [0.25, 0.3) is 11.3 Å². The van der Waals surface area contributed by atoms with E-state index < -0.39 is 5.92 Å². The predicted octanol–water partition coefficient (Wildman–Crippen LogP) is 4.97. The second kappa shape index (κ2) is 9.69. The summed E-state index contributed by atoms with van der Waals surface area (Å²) in [6.07, 6.45) is 0. The Morgan fingerprint density at radius 2 is 1.77 bits per heavy atom. The monoisotopic (exact) mass is 417 g/mol. The highest BCUT2D eigenvalue weighted by Gasteiger charge is 2.26. The molecule has 0 fully saturated rings. The quantitative estimate of drug-likeness (QED) is 0.480. The maximum absolute atomic E-state index is 13.0. The highest BCUT2D eigenvalue weighted by Crippen LogP contribution is 2.32. The summed E-state index contributed by atoms with van der Waals surface area (Å²) in [4.78, 5) is 17.5. The highest BCUT2D eigenvalue weighted by atomic mass is 32.1. The number of carbonyl (C=O) groups is 1. The molecule has 1 atom stereocenters. The first-order valence-corrected chi connectivity index (χ1v) is 10.3. The SMILES string of the molecule is CCOc1ccc(C(=O)C(C#N)c2nc(-c3ccc(C#N)cc3)cs2)cc1OCC. The van der Waals surface area contributed by atoms with Gasteiger partial charge in [0.25, 0.3) is 0 Å². The summed E-state index contributed by atoms with van der Waals surface area (Å²) in [6.45, 7) is 4.63. The number of hydrogen-bond acceptors (Lipinski definition) is 7. The minimum atomic E-state index is -1.02. The van der Waals surface area contributed by atoms with Crippen molar-refractivity contribution in [2.24, 2.45) is 0 Å². The van der Waals surface area contributed by atoms with Gasteiger partial charge in [0.15, 0.2) is 23.2 Å². The number of aromatic nitrogens is 1. The molecule has 6 nitrogen and oxygen atoms in total. The lowest BCUT2D eigenvalue weighted by Crippen LogP contribution is -2.12. The largest absolute Gasteiger partial charge is 0.490 e. The molecule has 0 saturated carbocycles. The summed E-state index contributed by atoms with van der Waals surface area (Å²) in [5.74, 6) is -0.335. The predicted molar refractivity (Wildman–Crippen MR) is 114 cm³/mol. The van der Waals surface area contributed by atoms with Gasteiger partial charge in [-0.15, -0.1) is 11.3 Å². The molecular weight excluding hydrogens is 398 g/mol. The molecule has 0 N–H and O–H groups in total. The van der Waals surface area contributed by atoms with E-state index in [2.05, 4.69) is 17.1 Å². The van der Waals surface area contributed by atoms with Gasteiger partial charge in [0.05, 0.1) is 36.6 Å². The van der Waals surface area contributed by atoms with Crippen molar-refractivity contribution in [1.29, 1.82) is 10.5 Å². The molecule has 7 heteroatoms. The summed E-state index contributed by atoms with van der Waals surface area (Å²) in [5.41, 5.74) is 2.40. The normalized spacial score (nSPS) is 11.2. The van der Waals surface area contributed by atoms with Crippen LogP contribution in [0, 0.1) is 22.7 Å². The fraction of sp³-hybridized carbons (Fsp3) is 0.217. The smallest absolute Gasteiger partial charge is 0.187 e. The lowest BCUT2D eigenvalue weighted by Gasteiger charge is -2.13. The van der Waals surface area contributed by atoms with E-state index >= 15 is 0 Å². The van der Waals surface area contributed by atoms with E-state index in [-0.39, 0.29) is 5.78 Å². The molecular formula is C23H19N3O3S. The van der Waals surface area contributed by atoms with Crippen LogP contribution in [0.5, 0.6) is 11.5 Å². The lowest BCUT2D eigenvalue weighted by molar-refractivity contribution is 0.0978. The van der Waals surface area contributed by atoms with Crippen molar-refractivity contribution in [2.45, 2.75) is 19.8 Å². The zero-order valence-electron chi connectivity index (χ0n) is 16.6. The number of ketones is 1. The number of rotatable bonds is 8. The molecule has 0 radical (unpaired) electrons. The van der Waals surface area contributed by atoms with Crippen LogP contribution in [0.2, 0.25) is 0 Å². The third kappa shape index (κ3) is 4.48. The van der Waals surface area contributed by atoms with Crippen LogP contribution in [-0.4, -0.2) is 24.0 Å². The summed E-state index contributed by atoms with van der Waals surface area (Å²) in [7, 11) is 0. The first kappa shape index (κ1) is 21.0. The average molecular weight is 417 g/mol. The molecule has 1 heterocycles. The molecule has 0 saturated heterocycles. The van der Waals surface area contributed by atoms with Crippen molar-refractivity contribution in [3.63, 3.8) is 0 Å². The van der Waals surface area contributed by atoms with E-state index in [1.165, 1.54) is 11.3 Å². The number of benzene rings is 2. The van der Waals surface area contributed by atoms with E-state index in [1.54, 1.807) is 47.8 Å². The lowest BCUT2D eigenvalue weighted by atomic mass is 9.99. The Morgan fingerprint density at radius 1 is 1.07 bits per heavy atom. The third-order valence-corrected chi connectivity index (χ3v) is 5.21. The molecule has 3 rings (SSSR count). The van der Waals surface area contributed by atoms with E-state index in [1.807, 2.05) is 13.8 Å². The van der Waals surface area contributed by atoms with Crippen LogP contribution in [0.15, 0.2) is 47.8 Å². The van der Waals surface area contributed by atoms with Crippen LogP contribution in [-0.2, 0) is 0 Å². The van der Waals surface area contributed by atoms with Crippen LogP contribution in [0.1, 0.15) is 40.7 Å². The van der Waals surface area contributed by atoms with Crippen molar-refractivity contribution in [3.8, 4) is 34.9 Å². The standard InChI is InChI=1S/C23H19N3O3S/c1-3-28-20-10-9-17(11-21(20)29-4-2)22(27)18(13-25)23-26-19(14-30-23)16-7-5-15(12-24)6-8-16/h5-11,14,18H,3-4H2,1-2H3. The van der Waals surface area contributed by atoms with Gasteiger partial charge in [0.2, 0.25) is 0 Å². The number of ether oxygens (including phenoxy) is 2. The molecule has 0 amide bonds. The van der Waals surface area contributed by atoms with Gasteiger partial charge in [0.1, 0.15) is 5.01 Å². The minimum Gasteiger partial charge on any atom is -0.490 e.